The molecular formula is C16H17BrN2O2. The van der Waals surface area contributed by atoms with Gasteiger partial charge in [-0.15, -0.1) is 0 Å². The molecule has 110 valence electrons. The summed E-state index contributed by atoms with van der Waals surface area (Å²) in [6.45, 7) is 2.29. The summed E-state index contributed by atoms with van der Waals surface area (Å²) in [4.78, 5) is 11.5. The number of benzene rings is 2. The second-order valence-corrected chi connectivity index (χ2v) is 5.55. The number of hydrogen-bond acceptors (Lipinski definition) is 3. The quantitative estimate of drug-likeness (QED) is 0.495. The van der Waals surface area contributed by atoms with Gasteiger partial charge in [0.25, 0.3) is 0 Å². The van der Waals surface area contributed by atoms with Crippen LogP contribution in [0.15, 0.2) is 53.0 Å². The first-order valence-corrected chi connectivity index (χ1v) is 7.37. The second-order valence-electron chi connectivity index (χ2n) is 4.69. The molecule has 1 atom stereocenters. The van der Waals surface area contributed by atoms with E-state index in [0.717, 1.165) is 21.3 Å². The van der Waals surface area contributed by atoms with Crippen LogP contribution in [0.5, 0.6) is 5.75 Å². The van der Waals surface area contributed by atoms with Gasteiger partial charge in [0.2, 0.25) is 5.91 Å². The van der Waals surface area contributed by atoms with Crippen molar-refractivity contribution in [2.75, 3.05) is 0 Å². The smallest absolute Gasteiger partial charge is 0.241 e. The van der Waals surface area contributed by atoms with Crippen molar-refractivity contribution in [3.63, 3.8) is 0 Å². The van der Waals surface area contributed by atoms with Gasteiger partial charge < -0.3 is 4.74 Å². The van der Waals surface area contributed by atoms with Crippen molar-refractivity contribution >= 4 is 21.8 Å². The molecule has 0 saturated carbocycles. The van der Waals surface area contributed by atoms with Crippen LogP contribution in [-0.2, 0) is 11.4 Å². The highest BCUT2D eigenvalue weighted by atomic mass is 79.9. The molecule has 4 nitrogen and oxygen atoms in total. The lowest BCUT2D eigenvalue weighted by atomic mass is 9.99. The third kappa shape index (κ3) is 4.06. The number of nitrogens with two attached hydrogens (primary N) is 1. The summed E-state index contributed by atoms with van der Waals surface area (Å²) >= 11 is 3.44. The molecule has 0 aliphatic heterocycles. The molecular weight excluding hydrogens is 332 g/mol. The molecule has 0 bridgehead atoms. The van der Waals surface area contributed by atoms with Crippen LogP contribution in [-0.4, -0.2) is 5.91 Å². The maximum absolute atomic E-state index is 11.5. The van der Waals surface area contributed by atoms with Crippen LogP contribution < -0.4 is 16.0 Å². The summed E-state index contributed by atoms with van der Waals surface area (Å²) in [5.41, 5.74) is 4.12. The molecule has 3 N–H and O–H groups in total. The topological polar surface area (TPSA) is 64.4 Å². The molecule has 2 rings (SSSR count). The minimum absolute atomic E-state index is 0.202. The van der Waals surface area contributed by atoms with E-state index in [0.29, 0.717) is 6.61 Å². The Morgan fingerprint density at radius 3 is 2.52 bits per heavy atom. The zero-order valence-electron chi connectivity index (χ0n) is 11.7. The number of ether oxygens (including phenoxy) is 1. The Labute approximate surface area is 132 Å². The Hall–Kier alpha value is -1.85. The number of hydrogen-bond donors (Lipinski definition) is 2. The Balaban J connectivity index is 2.00. The van der Waals surface area contributed by atoms with Crippen molar-refractivity contribution in [3.05, 3.63) is 64.1 Å². The zero-order chi connectivity index (χ0) is 15.2. The van der Waals surface area contributed by atoms with Crippen molar-refractivity contribution in [2.45, 2.75) is 19.4 Å². The maximum Gasteiger partial charge on any atom is 0.241 e. The Morgan fingerprint density at radius 1 is 1.24 bits per heavy atom. The summed E-state index contributed by atoms with van der Waals surface area (Å²) in [7, 11) is 0. The minimum Gasteiger partial charge on any atom is -0.488 e. The first-order chi connectivity index (χ1) is 10.1. The standard InChI is InChI=1S/C16H17BrN2O2/c1-11(16(20)19-18)13-8-6-12(7-9-13)10-21-15-5-3-2-4-14(15)17/h2-9,11H,10,18H2,1H3,(H,19,20). The predicted octanol–water partition coefficient (Wildman–Crippen LogP) is 3.12. The van der Waals surface area contributed by atoms with Gasteiger partial charge in [-0.1, -0.05) is 36.4 Å². The number of para-hydroxylation sites is 1. The largest absolute Gasteiger partial charge is 0.488 e. The van der Waals surface area contributed by atoms with Gasteiger partial charge in [-0.2, -0.15) is 0 Å². The van der Waals surface area contributed by atoms with Crippen molar-refractivity contribution < 1.29 is 9.53 Å². The fourth-order valence-corrected chi connectivity index (χ4v) is 2.30. The van der Waals surface area contributed by atoms with Crippen molar-refractivity contribution in [1.29, 1.82) is 0 Å². The minimum atomic E-state index is -0.270. The van der Waals surface area contributed by atoms with Gasteiger partial charge in [-0.25, -0.2) is 5.84 Å². The van der Waals surface area contributed by atoms with Crippen LogP contribution in [0.2, 0.25) is 0 Å². The lowest BCUT2D eigenvalue weighted by Gasteiger charge is -2.11. The fraction of sp³-hybridized carbons (Fsp3) is 0.188. The third-order valence-corrected chi connectivity index (χ3v) is 3.90. The molecule has 1 unspecified atom stereocenters. The zero-order valence-corrected chi connectivity index (χ0v) is 13.3. The average Bonchev–Trinajstić information content (AvgIpc) is 2.53. The molecule has 2 aromatic rings. The van der Waals surface area contributed by atoms with Crippen LogP contribution in [0.3, 0.4) is 0 Å². The SMILES string of the molecule is CC(C(=O)NN)c1ccc(COc2ccccc2Br)cc1. The van der Waals surface area contributed by atoms with Crippen molar-refractivity contribution in [2.24, 2.45) is 5.84 Å². The summed E-state index contributed by atoms with van der Waals surface area (Å²) in [6, 6.07) is 15.4. The van der Waals surface area contributed by atoms with Gasteiger partial charge in [0.05, 0.1) is 10.4 Å². The highest BCUT2D eigenvalue weighted by molar-refractivity contribution is 9.10. The monoisotopic (exact) mass is 348 g/mol. The maximum atomic E-state index is 11.5. The lowest BCUT2D eigenvalue weighted by Crippen LogP contribution is -2.33. The molecule has 0 aromatic heterocycles. The molecule has 0 radical (unpaired) electrons. The number of rotatable bonds is 5. The summed E-state index contributed by atoms with van der Waals surface area (Å²) < 4.78 is 6.67. The first kappa shape index (κ1) is 15.5. The molecule has 5 heteroatoms. The van der Waals surface area contributed by atoms with Gasteiger partial charge in [-0.05, 0) is 46.1 Å². The number of hydrazine groups is 1. The fourth-order valence-electron chi connectivity index (χ4n) is 1.90. The second kappa shape index (κ2) is 7.24. The Kier molecular flexibility index (Phi) is 5.36. The van der Waals surface area contributed by atoms with Crippen LogP contribution in [0.4, 0.5) is 0 Å². The molecule has 0 aliphatic carbocycles. The van der Waals surface area contributed by atoms with E-state index in [1.54, 1.807) is 0 Å². The van der Waals surface area contributed by atoms with E-state index in [9.17, 15) is 4.79 Å². The number of carbonyl (C=O) groups is 1. The van der Waals surface area contributed by atoms with E-state index in [2.05, 4.69) is 21.4 Å². The third-order valence-electron chi connectivity index (χ3n) is 3.25. The van der Waals surface area contributed by atoms with Crippen LogP contribution in [0.1, 0.15) is 24.0 Å². The molecule has 0 fully saturated rings. The molecule has 1 amide bonds. The molecule has 0 saturated heterocycles. The van der Waals surface area contributed by atoms with E-state index in [1.807, 2.05) is 55.5 Å². The van der Waals surface area contributed by atoms with E-state index in [-0.39, 0.29) is 11.8 Å². The number of nitrogens with one attached hydrogen (secondary N) is 1. The highest BCUT2D eigenvalue weighted by Gasteiger charge is 2.13. The van der Waals surface area contributed by atoms with Gasteiger partial charge >= 0.3 is 0 Å². The number of halogens is 1. The van der Waals surface area contributed by atoms with E-state index in [1.165, 1.54) is 0 Å². The number of carbonyl (C=O) groups excluding carboxylic acids is 1. The molecule has 0 spiro atoms. The van der Waals surface area contributed by atoms with E-state index >= 15 is 0 Å². The number of amides is 1. The van der Waals surface area contributed by atoms with Crippen LogP contribution >= 0.6 is 15.9 Å². The molecule has 2 aromatic carbocycles. The molecule has 0 aliphatic rings. The average molecular weight is 349 g/mol. The molecule has 0 heterocycles. The van der Waals surface area contributed by atoms with Crippen LogP contribution in [0.25, 0.3) is 0 Å². The van der Waals surface area contributed by atoms with Crippen molar-refractivity contribution in [3.8, 4) is 5.75 Å². The lowest BCUT2D eigenvalue weighted by molar-refractivity contribution is -0.122. The normalized spacial score (nSPS) is 11.8. The Bertz CT molecular complexity index is 614. The van der Waals surface area contributed by atoms with Gasteiger partial charge in [0, 0.05) is 0 Å². The molecule has 21 heavy (non-hydrogen) atoms. The van der Waals surface area contributed by atoms with E-state index < -0.39 is 0 Å². The summed E-state index contributed by atoms with van der Waals surface area (Å²) in [6.07, 6.45) is 0. The summed E-state index contributed by atoms with van der Waals surface area (Å²) in [5.74, 6) is 5.47. The van der Waals surface area contributed by atoms with Crippen molar-refractivity contribution in [1.82, 2.24) is 5.43 Å². The first-order valence-electron chi connectivity index (χ1n) is 6.58. The predicted molar refractivity (Wildman–Crippen MR) is 85.7 cm³/mol. The summed E-state index contributed by atoms with van der Waals surface area (Å²) in [5, 5.41) is 0. The highest BCUT2D eigenvalue weighted by Crippen LogP contribution is 2.25. The van der Waals surface area contributed by atoms with Crippen LogP contribution in [0, 0.1) is 0 Å². The van der Waals surface area contributed by atoms with Gasteiger partial charge in [-0.3, -0.25) is 10.2 Å². The van der Waals surface area contributed by atoms with Gasteiger partial charge in [0.15, 0.2) is 0 Å². The Morgan fingerprint density at radius 2 is 1.90 bits per heavy atom. The van der Waals surface area contributed by atoms with Gasteiger partial charge in [0.1, 0.15) is 12.4 Å². The van der Waals surface area contributed by atoms with E-state index in [4.69, 9.17) is 10.6 Å².